The number of para-hydroxylation sites is 1. The van der Waals surface area contributed by atoms with Gasteiger partial charge in [0.15, 0.2) is 5.75 Å². The summed E-state index contributed by atoms with van der Waals surface area (Å²) in [5.41, 5.74) is 0.345. The van der Waals surface area contributed by atoms with Crippen molar-refractivity contribution in [3.63, 3.8) is 0 Å². The third-order valence-corrected chi connectivity index (χ3v) is 7.67. The van der Waals surface area contributed by atoms with E-state index in [1.165, 1.54) is 28.2 Å². The maximum Gasteiger partial charge on any atom is 0.243 e. The van der Waals surface area contributed by atoms with Gasteiger partial charge in [-0.25, -0.2) is 8.42 Å². The van der Waals surface area contributed by atoms with Crippen molar-refractivity contribution in [1.29, 1.82) is 0 Å². The zero-order valence-electron chi connectivity index (χ0n) is 16.6. The quantitative estimate of drug-likeness (QED) is 0.701. The summed E-state index contributed by atoms with van der Waals surface area (Å²) in [6.45, 7) is 2.84. The van der Waals surface area contributed by atoms with Gasteiger partial charge in [-0.05, 0) is 56.4 Å². The largest absolute Gasteiger partial charge is 0.455 e. The normalized spacial score (nSPS) is 16.2. The lowest BCUT2D eigenvalue weighted by atomic mass is 10.2. The van der Waals surface area contributed by atoms with Crippen LogP contribution in [0.5, 0.6) is 11.5 Å². The number of anilines is 1. The smallest absolute Gasteiger partial charge is 0.243 e. The molecule has 0 saturated carbocycles. The number of ether oxygens (including phenoxy) is 1. The van der Waals surface area contributed by atoms with Crippen molar-refractivity contribution in [2.75, 3.05) is 24.7 Å². The first kappa shape index (κ1) is 21.7. The van der Waals surface area contributed by atoms with Gasteiger partial charge in [0.1, 0.15) is 5.75 Å². The zero-order chi connectivity index (χ0) is 20.9. The van der Waals surface area contributed by atoms with Crippen molar-refractivity contribution in [3.05, 3.63) is 48.5 Å². The minimum absolute atomic E-state index is 0.159. The highest BCUT2D eigenvalue weighted by Crippen LogP contribution is 2.33. The minimum Gasteiger partial charge on any atom is -0.455 e. The van der Waals surface area contributed by atoms with Crippen LogP contribution in [0.4, 0.5) is 5.69 Å². The fraction of sp³-hybridized carbons (Fsp3) is 0.381. The molecule has 0 bridgehead atoms. The average molecular weight is 435 g/mol. The first-order valence-electron chi connectivity index (χ1n) is 9.62. The predicted octanol–water partition coefficient (Wildman–Crippen LogP) is 4.34. The highest BCUT2D eigenvalue weighted by molar-refractivity contribution is 7.99. The molecular formula is C21H26N2O4S2. The van der Waals surface area contributed by atoms with Crippen LogP contribution in [0, 0.1) is 0 Å². The molecule has 6 nitrogen and oxygen atoms in total. The predicted molar refractivity (Wildman–Crippen MR) is 117 cm³/mol. The molecule has 1 N–H and O–H groups in total. The third-order valence-electron chi connectivity index (χ3n) is 4.86. The Balaban J connectivity index is 1.95. The summed E-state index contributed by atoms with van der Waals surface area (Å²) in [6, 6.07) is 13.8. The third kappa shape index (κ3) is 5.32. The van der Waals surface area contributed by atoms with Crippen LogP contribution in [-0.2, 0) is 14.8 Å². The standard InChI is InChI=1S/C21H26N2O4S2/c1-16(28-2)21(24)22-19-15-18(29(25,26)23-13-7-4-8-14-23)11-12-20(19)27-17-9-5-3-6-10-17/h3,5-6,9-12,15-16H,4,7-8,13-14H2,1-2H3,(H,22,24). The second kappa shape index (κ2) is 9.65. The van der Waals surface area contributed by atoms with Crippen LogP contribution in [0.2, 0.25) is 0 Å². The lowest BCUT2D eigenvalue weighted by Gasteiger charge is -2.26. The van der Waals surface area contributed by atoms with Gasteiger partial charge in [0.05, 0.1) is 15.8 Å². The molecule has 0 spiro atoms. The van der Waals surface area contributed by atoms with Crippen LogP contribution in [-0.4, -0.2) is 43.2 Å². The Morgan fingerprint density at radius 1 is 1.10 bits per heavy atom. The molecule has 1 amide bonds. The molecule has 1 saturated heterocycles. The molecule has 1 unspecified atom stereocenters. The maximum atomic E-state index is 13.1. The molecule has 29 heavy (non-hydrogen) atoms. The Morgan fingerprint density at radius 2 is 1.79 bits per heavy atom. The highest BCUT2D eigenvalue weighted by atomic mass is 32.2. The van der Waals surface area contributed by atoms with E-state index < -0.39 is 10.0 Å². The van der Waals surface area contributed by atoms with E-state index in [9.17, 15) is 13.2 Å². The molecule has 1 aliphatic rings. The summed E-state index contributed by atoms with van der Waals surface area (Å²) in [7, 11) is -3.61. The van der Waals surface area contributed by atoms with Crippen LogP contribution in [0.1, 0.15) is 26.2 Å². The lowest BCUT2D eigenvalue weighted by Crippen LogP contribution is -2.35. The SMILES string of the molecule is CSC(C)C(=O)Nc1cc(S(=O)(=O)N2CCCCC2)ccc1Oc1ccccc1. The van der Waals surface area contributed by atoms with Crippen LogP contribution in [0.15, 0.2) is 53.4 Å². The highest BCUT2D eigenvalue weighted by Gasteiger charge is 2.27. The topological polar surface area (TPSA) is 75.7 Å². The molecule has 1 heterocycles. The molecule has 2 aromatic rings. The van der Waals surface area contributed by atoms with E-state index in [4.69, 9.17) is 4.74 Å². The summed E-state index contributed by atoms with van der Waals surface area (Å²) in [5, 5.41) is 2.55. The number of nitrogens with zero attached hydrogens (tertiary/aromatic N) is 1. The number of thioether (sulfide) groups is 1. The molecule has 1 aliphatic heterocycles. The summed E-state index contributed by atoms with van der Waals surface area (Å²) >= 11 is 1.42. The molecule has 0 aromatic heterocycles. The van der Waals surface area contributed by atoms with Gasteiger partial charge >= 0.3 is 0 Å². The second-order valence-corrected chi connectivity index (χ2v) is 10.0. The molecule has 2 aromatic carbocycles. The summed E-state index contributed by atoms with van der Waals surface area (Å²) < 4.78 is 33.5. The summed E-state index contributed by atoms with van der Waals surface area (Å²) in [6.07, 6.45) is 4.62. The van der Waals surface area contributed by atoms with Crippen molar-refractivity contribution in [1.82, 2.24) is 4.31 Å². The van der Waals surface area contributed by atoms with Crippen LogP contribution >= 0.6 is 11.8 Å². The Kier molecular flexibility index (Phi) is 7.21. The Bertz CT molecular complexity index is 942. The zero-order valence-corrected chi connectivity index (χ0v) is 18.3. The van der Waals surface area contributed by atoms with E-state index in [-0.39, 0.29) is 16.1 Å². The minimum atomic E-state index is -3.61. The Labute approximate surface area is 176 Å². The fourth-order valence-corrected chi connectivity index (χ4v) is 4.88. The van der Waals surface area contributed by atoms with Crippen molar-refractivity contribution in [2.24, 2.45) is 0 Å². The number of hydrogen-bond acceptors (Lipinski definition) is 5. The van der Waals surface area contributed by atoms with Gasteiger partial charge in [0.25, 0.3) is 0 Å². The maximum absolute atomic E-state index is 13.1. The first-order chi connectivity index (χ1) is 13.9. The molecule has 1 atom stereocenters. The number of nitrogens with one attached hydrogen (secondary N) is 1. The molecule has 8 heteroatoms. The number of carbonyl (C=O) groups is 1. The molecule has 0 radical (unpaired) electrons. The van der Waals surface area contributed by atoms with Crippen molar-refractivity contribution < 1.29 is 17.9 Å². The molecule has 1 fully saturated rings. The first-order valence-corrected chi connectivity index (χ1v) is 12.4. The van der Waals surface area contributed by atoms with Crippen LogP contribution < -0.4 is 10.1 Å². The van der Waals surface area contributed by atoms with E-state index in [0.29, 0.717) is 30.3 Å². The van der Waals surface area contributed by atoms with Crippen LogP contribution in [0.25, 0.3) is 0 Å². The second-order valence-electron chi connectivity index (χ2n) is 6.91. The van der Waals surface area contributed by atoms with Gasteiger partial charge in [-0.1, -0.05) is 24.6 Å². The number of benzene rings is 2. The number of piperidine rings is 1. The number of amides is 1. The summed E-state index contributed by atoms with van der Waals surface area (Å²) in [5.74, 6) is 0.797. The fourth-order valence-electron chi connectivity index (χ4n) is 3.07. The number of hydrogen-bond donors (Lipinski definition) is 1. The monoisotopic (exact) mass is 434 g/mol. The summed E-state index contributed by atoms with van der Waals surface area (Å²) in [4.78, 5) is 12.6. The van der Waals surface area contributed by atoms with Crippen molar-refractivity contribution >= 4 is 33.4 Å². The average Bonchev–Trinajstić information content (AvgIpc) is 2.75. The Hall–Kier alpha value is -2.03. The van der Waals surface area contributed by atoms with Crippen LogP contribution in [0.3, 0.4) is 0 Å². The number of sulfonamides is 1. The van der Waals surface area contributed by atoms with E-state index in [0.717, 1.165) is 19.3 Å². The van der Waals surface area contributed by atoms with Crippen molar-refractivity contribution in [3.8, 4) is 11.5 Å². The Morgan fingerprint density at radius 3 is 2.45 bits per heavy atom. The molecular weight excluding hydrogens is 408 g/mol. The van der Waals surface area contributed by atoms with Gasteiger partial charge in [-0.15, -0.1) is 0 Å². The van der Waals surface area contributed by atoms with E-state index in [1.54, 1.807) is 25.1 Å². The van der Waals surface area contributed by atoms with Crippen molar-refractivity contribution in [2.45, 2.75) is 36.3 Å². The number of rotatable bonds is 7. The van der Waals surface area contributed by atoms with Gasteiger partial charge in [-0.2, -0.15) is 16.1 Å². The molecule has 0 aliphatic carbocycles. The van der Waals surface area contributed by atoms with Gasteiger partial charge in [0, 0.05) is 13.1 Å². The molecule has 156 valence electrons. The lowest BCUT2D eigenvalue weighted by molar-refractivity contribution is -0.115. The van der Waals surface area contributed by atoms with E-state index >= 15 is 0 Å². The number of carbonyl (C=O) groups excluding carboxylic acids is 1. The van der Waals surface area contributed by atoms with Gasteiger partial charge in [0.2, 0.25) is 15.9 Å². The van der Waals surface area contributed by atoms with Gasteiger partial charge in [-0.3, -0.25) is 4.79 Å². The molecule has 3 rings (SSSR count). The van der Waals surface area contributed by atoms with E-state index in [1.807, 2.05) is 24.5 Å². The van der Waals surface area contributed by atoms with Gasteiger partial charge < -0.3 is 10.1 Å². The van der Waals surface area contributed by atoms with E-state index in [2.05, 4.69) is 5.32 Å².